The zero-order valence-electron chi connectivity index (χ0n) is 15.3. The molecule has 0 aliphatic carbocycles. The smallest absolute Gasteiger partial charge is 0.160 e. The summed E-state index contributed by atoms with van der Waals surface area (Å²) in [4.78, 5) is 0. The Kier molecular flexibility index (Phi) is 5.46. The van der Waals surface area contributed by atoms with Gasteiger partial charge in [-0.1, -0.05) is 12.1 Å². The fraction of sp³-hybridized carbons (Fsp3) is 0.400. The molecule has 1 aliphatic heterocycles. The predicted molar refractivity (Wildman–Crippen MR) is 97.2 cm³/mol. The van der Waals surface area contributed by atoms with Crippen LogP contribution in [0.15, 0.2) is 36.4 Å². The lowest BCUT2D eigenvalue weighted by molar-refractivity contribution is -0.0150. The van der Waals surface area contributed by atoms with E-state index in [1.807, 2.05) is 0 Å². The highest BCUT2D eigenvalue weighted by molar-refractivity contribution is 5.44. The van der Waals surface area contributed by atoms with Gasteiger partial charge in [-0.25, -0.2) is 0 Å². The Bertz CT molecular complexity index is 807. The zero-order chi connectivity index (χ0) is 19.6. The van der Waals surface area contributed by atoms with Gasteiger partial charge in [-0.05, 0) is 35.4 Å². The first-order valence-corrected chi connectivity index (χ1v) is 8.59. The molecule has 1 heterocycles. The van der Waals surface area contributed by atoms with Crippen LogP contribution in [0.1, 0.15) is 17.2 Å². The van der Waals surface area contributed by atoms with Gasteiger partial charge in [-0.2, -0.15) is 0 Å². The van der Waals surface area contributed by atoms with Crippen LogP contribution in [0.5, 0.6) is 23.0 Å². The summed E-state index contributed by atoms with van der Waals surface area (Å²) < 4.78 is 16.1. The number of hydrogen-bond donors (Lipinski definition) is 4. The number of hydrogen-bond acceptors (Lipinski definition) is 7. The number of benzene rings is 2. The predicted octanol–water partition coefficient (Wildman–Crippen LogP) is 1.77. The average Bonchev–Trinajstić information content (AvgIpc) is 2.99. The lowest BCUT2D eigenvalue weighted by atomic mass is 9.80. The maximum Gasteiger partial charge on any atom is 0.160 e. The van der Waals surface area contributed by atoms with E-state index < -0.39 is 17.6 Å². The van der Waals surface area contributed by atoms with E-state index in [0.29, 0.717) is 17.1 Å². The zero-order valence-corrected chi connectivity index (χ0v) is 15.3. The van der Waals surface area contributed by atoms with E-state index in [-0.39, 0.29) is 31.1 Å². The number of aliphatic hydroxyl groups excluding tert-OH is 1. The van der Waals surface area contributed by atoms with Crippen molar-refractivity contribution < 1.29 is 34.6 Å². The highest BCUT2D eigenvalue weighted by Gasteiger charge is 2.49. The minimum absolute atomic E-state index is 0.00578. The molecule has 2 aromatic rings. The normalized spacial score (nSPS) is 24.7. The minimum atomic E-state index is -1.30. The van der Waals surface area contributed by atoms with Crippen LogP contribution in [0.4, 0.5) is 0 Å². The molecule has 1 fully saturated rings. The van der Waals surface area contributed by atoms with Crippen molar-refractivity contribution in [3.05, 3.63) is 47.5 Å². The molecule has 1 saturated heterocycles. The first-order valence-electron chi connectivity index (χ1n) is 8.59. The summed E-state index contributed by atoms with van der Waals surface area (Å²) in [5.74, 6) is 0.0587. The molecule has 4 N–H and O–H groups in total. The summed E-state index contributed by atoms with van der Waals surface area (Å²) >= 11 is 0. The van der Waals surface area contributed by atoms with Gasteiger partial charge in [0.15, 0.2) is 23.0 Å². The third kappa shape index (κ3) is 3.66. The molecule has 0 bridgehead atoms. The molecule has 0 aromatic heterocycles. The fourth-order valence-electron chi connectivity index (χ4n) is 3.57. The molecule has 0 unspecified atom stereocenters. The van der Waals surface area contributed by atoms with Crippen LogP contribution in [0.2, 0.25) is 0 Å². The van der Waals surface area contributed by atoms with Crippen molar-refractivity contribution in [2.24, 2.45) is 5.92 Å². The molecule has 0 amide bonds. The monoisotopic (exact) mass is 376 g/mol. The van der Waals surface area contributed by atoms with Crippen LogP contribution >= 0.6 is 0 Å². The number of phenolic OH excluding ortho intramolecular Hbond substituents is 2. The number of rotatable bonds is 6. The Morgan fingerprint density at radius 1 is 1.04 bits per heavy atom. The van der Waals surface area contributed by atoms with Crippen molar-refractivity contribution in [2.75, 3.05) is 27.4 Å². The SMILES string of the molecule is COc1cc(C[C@]2(O)CO[C@@H](c3ccc(O)c(OC)c3)[C@@H]2CO)ccc1O. The Hall–Kier alpha value is -2.48. The molecule has 7 heteroatoms. The maximum atomic E-state index is 11.2. The van der Waals surface area contributed by atoms with Gasteiger partial charge in [0, 0.05) is 12.3 Å². The average molecular weight is 376 g/mol. The van der Waals surface area contributed by atoms with Crippen molar-refractivity contribution in [1.29, 1.82) is 0 Å². The third-order valence-corrected chi connectivity index (χ3v) is 5.05. The minimum Gasteiger partial charge on any atom is -0.504 e. The fourth-order valence-corrected chi connectivity index (χ4v) is 3.57. The second-order valence-corrected chi connectivity index (χ2v) is 6.74. The second kappa shape index (κ2) is 7.64. The van der Waals surface area contributed by atoms with Gasteiger partial charge in [-0.3, -0.25) is 0 Å². The summed E-state index contributed by atoms with van der Waals surface area (Å²) in [5, 5.41) is 40.6. The highest BCUT2D eigenvalue weighted by atomic mass is 16.5. The summed E-state index contributed by atoms with van der Waals surface area (Å²) in [6.45, 7) is -0.241. The molecular weight excluding hydrogens is 352 g/mol. The number of phenols is 2. The van der Waals surface area contributed by atoms with Crippen LogP contribution < -0.4 is 9.47 Å². The van der Waals surface area contributed by atoms with E-state index >= 15 is 0 Å². The van der Waals surface area contributed by atoms with Crippen LogP contribution in [0.25, 0.3) is 0 Å². The topological polar surface area (TPSA) is 109 Å². The van der Waals surface area contributed by atoms with Crippen LogP contribution in [-0.4, -0.2) is 53.5 Å². The van der Waals surface area contributed by atoms with Gasteiger partial charge in [0.25, 0.3) is 0 Å². The molecule has 3 atom stereocenters. The van der Waals surface area contributed by atoms with Crippen molar-refractivity contribution in [3.63, 3.8) is 0 Å². The summed E-state index contributed by atoms with van der Waals surface area (Å²) in [6, 6.07) is 9.66. The van der Waals surface area contributed by atoms with Gasteiger partial charge in [0.1, 0.15) is 0 Å². The van der Waals surface area contributed by atoms with Crippen molar-refractivity contribution in [2.45, 2.75) is 18.1 Å². The Morgan fingerprint density at radius 3 is 2.30 bits per heavy atom. The van der Waals surface area contributed by atoms with Crippen molar-refractivity contribution in [3.8, 4) is 23.0 Å². The number of aliphatic hydroxyl groups is 2. The van der Waals surface area contributed by atoms with E-state index in [1.54, 1.807) is 24.3 Å². The molecular formula is C20H24O7. The lowest BCUT2D eigenvalue weighted by Crippen LogP contribution is -2.41. The standard InChI is InChI=1S/C20H24O7/c1-25-17-7-12(3-5-15(17)22)9-20(24)11-27-19(14(20)10-21)13-4-6-16(23)18(8-13)26-2/h3-8,14,19,21-24H,9-11H2,1-2H3/t14-,19-,20-/m0/s1. The molecule has 0 saturated carbocycles. The molecule has 7 nitrogen and oxygen atoms in total. The van der Waals surface area contributed by atoms with Crippen molar-refractivity contribution >= 4 is 0 Å². The lowest BCUT2D eigenvalue weighted by Gasteiger charge is -2.29. The largest absolute Gasteiger partial charge is 0.504 e. The van der Waals surface area contributed by atoms with E-state index in [4.69, 9.17) is 14.2 Å². The Labute approximate surface area is 157 Å². The number of ether oxygens (including phenoxy) is 3. The van der Waals surface area contributed by atoms with Gasteiger partial charge in [0.2, 0.25) is 0 Å². The first kappa shape index (κ1) is 19.3. The molecule has 1 aliphatic rings. The van der Waals surface area contributed by atoms with Gasteiger partial charge < -0.3 is 34.6 Å². The Balaban J connectivity index is 1.87. The molecule has 3 rings (SSSR count). The molecule has 146 valence electrons. The number of methoxy groups -OCH3 is 2. The van der Waals surface area contributed by atoms with E-state index in [0.717, 1.165) is 5.56 Å². The molecule has 2 aromatic carbocycles. The third-order valence-electron chi connectivity index (χ3n) is 5.05. The van der Waals surface area contributed by atoms with Crippen LogP contribution in [0.3, 0.4) is 0 Å². The highest BCUT2D eigenvalue weighted by Crippen LogP contribution is 2.44. The summed E-state index contributed by atoms with van der Waals surface area (Å²) in [5.41, 5.74) is 0.146. The van der Waals surface area contributed by atoms with Gasteiger partial charge in [0.05, 0.1) is 39.1 Å². The number of aromatic hydroxyl groups is 2. The van der Waals surface area contributed by atoms with Crippen LogP contribution in [0, 0.1) is 5.92 Å². The van der Waals surface area contributed by atoms with Gasteiger partial charge in [-0.15, -0.1) is 0 Å². The van der Waals surface area contributed by atoms with E-state index in [9.17, 15) is 20.4 Å². The Morgan fingerprint density at radius 2 is 1.67 bits per heavy atom. The van der Waals surface area contributed by atoms with Gasteiger partial charge >= 0.3 is 0 Å². The second-order valence-electron chi connectivity index (χ2n) is 6.74. The van der Waals surface area contributed by atoms with E-state index in [2.05, 4.69) is 0 Å². The summed E-state index contributed by atoms with van der Waals surface area (Å²) in [7, 11) is 2.91. The summed E-state index contributed by atoms with van der Waals surface area (Å²) in [6.07, 6.45) is -0.325. The van der Waals surface area contributed by atoms with Crippen LogP contribution in [-0.2, 0) is 11.2 Å². The molecule has 0 radical (unpaired) electrons. The molecule has 27 heavy (non-hydrogen) atoms. The maximum absolute atomic E-state index is 11.2. The van der Waals surface area contributed by atoms with E-state index in [1.165, 1.54) is 26.4 Å². The first-order chi connectivity index (χ1) is 12.9. The van der Waals surface area contributed by atoms with Crippen molar-refractivity contribution in [1.82, 2.24) is 0 Å². The molecule has 0 spiro atoms. The quantitative estimate of drug-likeness (QED) is 0.608.